The number of hydrogen-bond donors (Lipinski definition) is 1. The summed E-state index contributed by atoms with van der Waals surface area (Å²) >= 11 is 0. The van der Waals surface area contributed by atoms with Gasteiger partial charge in [-0.3, -0.25) is 9.63 Å². The Hall–Kier alpha value is -1.46. The van der Waals surface area contributed by atoms with Crippen molar-refractivity contribution >= 4 is 5.91 Å². The molecule has 0 aliphatic rings. The third-order valence-corrected chi connectivity index (χ3v) is 1.92. The molecule has 0 unspecified atom stereocenters. The Labute approximate surface area is 93.3 Å². The number of hydrogen-bond acceptors (Lipinski definition) is 3. The number of hydroxylamine groups is 1. The SMILES string of the molecule is COCCONC(=O)c1cc(C)ccc1F. The summed E-state index contributed by atoms with van der Waals surface area (Å²) in [5.41, 5.74) is 2.92. The number of ether oxygens (including phenoxy) is 1. The molecule has 88 valence electrons. The molecule has 1 aromatic carbocycles. The van der Waals surface area contributed by atoms with Gasteiger partial charge in [0.15, 0.2) is 0 Å². The standard InChI is InChI=1S/C11H14FNO3/c1-8-3-4-10(12)9(7-8)11(14)13-16-6-5-15-2/h3-4,7H,5-6H2,1-2H3,(H,13,14). The summed E-state index contributed by atoms with van der Waals surface area (Å²) in [6.45, 7) is 2.36. The second kappa shape index (κ2) is 6.19. The molecule has 1 N–H and O–H groups in total. The topological polar surface area (TPSA) is 47.6 Å². The highest BCUT2D eigenvalue weighted by Crippen LogP contribution is 2.09. The molecule has 0 bridgehead atoms. The van der Waals surface area contributed by atoms with Gasteiger partial charge in [0.05, 0.1) is 18.8 Å². The smallest absolute Gasteiger partial charge is 0.277 e. The van der Waals surface area contributed by atoms with E-state index in [1.807, 2.05) is 0 Å². The minimum atomic E-state index is -0.600. The van der Waals surface area contributed by atoms with E-state index < -0.39 is 11.7 Å². The molecule has 1 amide bonds. The Kier molecular flexibility index (Phi) is 4.88. The van der Waals surface area contributed by atoms with Crippen LogP contribution in [-0.2, 0) is 9.57 Å². The zero-order valence-corrected chi connectivity index (χ0v) is 9.25. The monoisotopic (exact) mass is 227 g/mol. The number of nitrogens with one attached hydrogen (secondary N) is 1. The van der Waals surface area contributed by atoms with Crippen LogP contribution < -0.4 is 5.48 Å². The van der Waals surface area contributed by atoms with Crippen LogP contribution in [0, 0.1) is 12.7 Å². The average Bonchev–Trinajstić information content (AvgIpc) is 2.27. The average molecular weight is 227 g/mol. The number of carbonyl (C=O) groups excluding carboxylic acids is 1. The fourth-order valence-electron chi connectivity index (χ4n) is 1.11. The van der Waals surface area contributed by atoms with Crippen molar-refractivity contribution in [2.24, 2.45) is 0 Å². The molecule has 16 heavy (non-hydrogen) atoms. The number of benzene rings is 1. The minimum absolute atomic E-state index is 0.0302. The van der Waals surface area contributed by atoms with Crippen molar-refractivity contribution in [1.29, 1.82) is 0 Å². The summed E-state index contributed by atoms with van der Waals surface area (Å²) in [6.07, 6.45) is 0. The lowest BCUT2D eigenvalue weighted by atomic mass is 10.1. The molecule has 0 aliphatic carbocycles. The summed E-state index contributed by atoms with van der Waals surface area (Å²) in [7, 11) is 1.52. The number of aryl methyl sites for hydroxylation is 1. The minimum Gasteiger partial charge on any atom is -0.382 e. The number of rotatable bonds is 5. The Bertz CT molecular complexity index is 368. The van der Waals surface area contributed by atoms with Gasteiger partial charge in [0, 0.05) is 7.11 Å². The van der Waals surface area contributed by atoms with Gasteiger partial charge in [0.1, 0.15) is 5.82 Å². The molecule has 4 nitrogen and oxygen atoms in total. The predicted molar refractivity (Wildman–Crippen MR) is 56.4 cm³/mol. The zero-order valence-electron chi connectivity index (χ0n) is 9.25. The van der Waals surface area contributed by atoms with Crippen LogP contribution in [0.2, 0.25) is 0 Å². The summed E-state index contributed by atoms with van der Waals surface area (Å²) in [5, 5.41) is 0. The zero-order chi connectivity index (χ0) is 12.0. The molecule has 0 radical (unpaired) electrons. The number of amides is 1. The Morgan fingerprint density at radius 3 is 2.88 bits per heavy atom. The van der Waals surface area contributed by atoms with Gasteiger partial charge in [-0.1, -0.05) is 11.6 Å². The molecule has 0 saturated heterocycles. The van der Waals surface area contributed by atoms with Crippen LogP contribution in [0.15, 0.2) is 18.2 Å². The number of carbonyl (C=O) groups is 1. The van der Waals surface area contributed by atoms with Crippen LogP contribution in [0.5, 0.6) is 0 Å². The third-order valence-electron chi connectivity index (χ3n) is 1.92. The lowest BCUT2D eigenvalue weighted by molar-refractivity contribution is 0.00865. The Morgan fingerprint density at radius 2 is 2.19 bits per heavy atom. The van der Waals surface area contributed by atoms with Crippen LogP contribution in [0.25, 0.3) is 0 Å². The first-order valence-corrected chi connectivity index (χ1v) is 4.82. The van der Waals surface area contributed by atoms with E-state index in [-0.39, 0.29) is 12.2 Å². The van der Waals surface area contributed by atoms with Crippen LogP contribution in [0.3, 0.4) is 0 Å². The molecule has 1 aromatic rings. The maximum absolute atomic E-state index is 13.3. The molecule has 0 spiro atoms. The second-order valence-corrected chi connectivity index (χ2v) is 3.26. The van der Waals surface area contributed by atoms with Gasteiger partial charge in [0.2, 0.25) is 0 Å². The Balaban J connectivity index is 2.55. The van der Waals surface area contributed by atoms with Crippen molar-refractivity contribution in [3.05, 3.63) is 35.1 Å². The van der Waals surface area contributed by atoms with E-state index >= 15 is 0 Å². The van der Waals surface area contributed by atoms with E-state index in [2.05, 4.69) is 5.48 Å². The van der Waals surface area contributed by atoms with Crippen LogP contribution in [-0.4, -0.2) is 26.2 Å². The first kappa shape index (κ1) is 12.6. The molecule has 5 heteroatoms. The van der Waals surface area contributed by atoms with E-state index in [0.717, 1.165) is 5.56 Å². The highest BCUT2D eigenvalue weighted by molar-refractivity contribution is 5.93. The molecule has 0 aromatic heterocycles. The van der Waals surface area contributed by atoms with Crippen LogP contribution in [0.4, 0.5) is 4.39 Å². The van der Waals surface area contributed by atoms with E-state index in [0.29, 0.717) is 6.61 Å². The van der Waals surface area contributed by atoms with Gasteiger partial charge in [0.25, 0.3) is 5.91 Å². The second-order valence-electron chi connectivity index (χ2n) is 3.26. The van der Waals surface area contributed by atoms with Crippen molar-refractivity contribution in [3.63, 3.8) is 0 Å². The van der Waals surface area contributed by atoms with Crippen molar-refractivity contribution in [2.45, 2.75) is 6.92 Å². The molecular weight excluding hydrogens is 213 g/mol. The maximum Gasteiger partial charge on any atom is 0.277 e. The van der Waals surface area contributed by atoms with E-state index in [1.54, 1.807) is 13.0 Å². The number of methoxy groups -OCH3 is 1. The molecule has 0 atom stereocenters. The van der Waals surface area contributed by atoms with E-state index in [4.69, 9.17) is 9.57 Å². The summed E-state index contributed by atoms with van der Waals surface area (Å²) in [6, 6.07) is 4.31. The van der Waals surface area contributed by atoms with Gasteiger partial charge in [-0.25, -0.2) is 9.87 Å². The summed E-state index contributed by atoms with van der Waals surface area (Å²) in [4.78, 5) is 16.3. The van der Waals surface area contributed by atoms with Crippen LogP contribution in [0.1, 0.15) is 15.9 Å². The van der Waals surface area contributed by atoms with Crippen LogP contribution >= 0.6 is 0 Å². The van der Waals surface area contributed by atoms with Gasteiger partial charge in [-0.2, -0.15) is 0 Å². The van der Waals surface area contributed by atoms with Gasteiger partial charge < -0.3 is 4.74 Å². The van der Waals surface area contributed by atoms with Gasteiger partial charge in [-0.15, -0.1) is 0 Å². The molecule has 0 saturated carbocycles. The van der Waals surface area contributed by atoms with Gasteiger partial charge >= 0.3 is 0 Å². The first-order chi connectivity index (χ1) is 7.65. The van der Waals surface area contributed by atoms with Gasteiger partial charge in [-0.05, 0) is 19.1 Å². The van der Waals surface area contributed by atoms with E-state index in [9.17, 15) is 9.18 Å². The lowest BCUT2D eigenvalue weighted by Gasteiger charge is -2.06. The molecule has 0 aliphatic heterocycles. The largest absolute Gasteiger partial charge is 0.382 e. The third kappa shape index (κ3) is 3.60. The molecule has 0 heterocycles. The number of halogens is 1. The Morgan fingerprint density at radius 1 is 1.44 bits per heavy atom. The predicted octanol–water partition coefficient (Wildman–Crippen LogP) is 1.44. The van der Waals surface area contributed by atoms with Crippen molar-refractivity contribution in [2.75, 3.05) is 20.3 Å². The highest BCUT2D eigenvalue weighted by atomic mass is 19.1. The van der Waals surface area contributed by atoms with E-state index in [1.165, 1.54) is 19.2 Å². The van der Waals surface area contributed by atoms with Crippen molar-refractivity contribution in [1.82, 2.24) is 5.48 Å². The fourth-order valence-corrected chi connectivity index (χ4v) is 1.11. The maximum atomic E-state index is 13.3. The quantitative estimate of drug-likeness (QED) is 0.611. The lowest BCUT2D eigenvalue weighted by Crippen LogP contribution is -2.26. The van der Waals surface area contributed by atoms with Crippen molar-refractivity contribution in [3.8, 4) is 0 Å². The molecular formula is C11H14FNO3. The fraction of sp³-hybridized carbons (Fsp3) is 0.364. The highest BCUT2D eigenvalue weighted by Gasteiger charge is 2.11. The molecule has 0 fully saturated rings. The first-order valence-electron chi connectivity index (χ1n) is 4.82. The normalized spacial score (nSPS) is 10.2. The summed E-state index contributed by atoms with van der Waals surface area (Å²) < 4.78 is 18.0. The summed E-state index contributed by atoms with van der Waals surface area (Å²) in [5.74, 6) is -1.17. The molecule has 1 rings (SSSR count). The van der Waals surface area contributed by atoms with Crippen molar-refractivity contribution < 1.29 is 18.8 Å².